The first-order valence-electron chi connectivity index (χ1n) is 21.3. The van der Waals surface area contributed by atoms with Gasteiger partial charge in [-0.05, 0) is 67.0 Å². The summed E-state index contributed by atoms with van der Waals surface area (Å²) < 4.78 is 0. The number of carbonyl (C=O) groups is 4. The second-order valence-corrected chi connectivity index (χ2v) is 16.5. The number of aliphatic hydroxyl groups is 1. The number of rotatable bonds is 19. The van der Waals surface area contributed by atoms with Crippen molar-refractivity contribution in [2.24, 2.45) is 11.8 Å². The highest BCUT2D eigenvalue weighted by Crippen LogP contribution is 2.24. The summed E-state index contributed by atoms with van der Waals surface area (Å²) in [4.78, 5) is 69.6. The van der Waals surface area contributed by atoms with E-state index in [4.69, 9.17) is 0 Å². The van der Waals surface area contributed by atoms with Crippen LogP contribution in [0.5, 0.6) is 0 Å². The number of benzene rings is 2. The number of aromatic nitrogens is 2. The summed E-state index contributed by atoms with van der Waals surface area (Å²) in [5.41, 5.74) is 8.28. The van der Waals surface area contributed by atoms with E-state index in [1.165, 1.54) is 0 Å². The van der Waals surface area contributed by atoms with Crippen LogP contribution in [0.3, 0.4) is 0 Å². The maximum atomic E-state index is 14.6. The van der Waals surface area contributed by atoms with Gasteiger partial charge in [0.15, 0.2) is 0 Å². The first kappa shape index (κ1) is 43.9. The highest BCUT2D eigenvalue weighted by atomic mass is 16.3. The van der Waals surface area contributed by atoms with Crippen LogP contribution in [0, 0.1) is 18.8 Å². The zero-order valence-electron chi connectivity index (χ0n) is 35.5. The standard InChI is InChI=1S/C47H60N8O5/c1-6-33(4)44(55-27-26-52(47(55)60)30-38-17-12-14-34(5)49-38)45(58)50-40(28-35-15-8-7-9-16-35)41(56)31-53(51-46(59)43(32(2)3)54-25-13-19-42(54)57)29-36-20-22-37(23-21-36)39-18-10-11-24-48-39/h7-12,14-18,20-24,32-33,40-41,43-44,56H,6,13,19,25-31H2,1-5H3,(H,50,58)(H,51,59)/t33?,40-,41-,43?,44?/m0/s1. The fraction of sp³-hybridized carbons (Fsp3) is 0.447. The van der Waals surface area contributed by atoms with Crippen LogP contribution in [-0.4, -0.2) is 109 Å². The monoisotopic (exact) mass is 816 g/mol. The summed E-state index contributed by atoms with van der Waals surface area (Å²) in [6, 6.07) is 26.5. The molecule has 0 aliphatic carbocycles. The van der Waals surface area contributed by atoms with Gasteiger partial charge in [0, 0.05) is 56.6 Å². The molecule has 0 radical (unpaired) electrons. The third-order valence-electron chi connectivity index (χ3n) is 11.6. The number of likely N-dealkylation sites (tertiary alicyclic amines) is 1. The number of urea groups is 1. The first-order valence-corrected chi connectivity index (χ1v) is 21.3. The molecule has 0 bridgehead atoms. The number of amides is 5. The number of nitrogens with one attached hydrogen (secondary N) is 2. The van der Waals surface area contributed by atoms with Crippen molar-refractivity contribution < 1.29 is 24.3 Å². The summed E-state index contributed by atoms with van der Waals surface area (Å²) in [6.45, 7) is 11.6. The van der Waals surface area contributed by atoms with Gasteiger partial charge in [-0.3, -0.25) is 29.8 Å². The van der Waals surface area contributed by atoms with Crippen molar-refractivity contribution in [1.82, 2.24) is 40.4 Å². The lowest BCUT2D eigenvalue weighted by molar-refractivity contribution is -0.142. The Balaban J connectivity index is 1.25. The van der Waals surface area contributed by atoms with Crippen LogP contribution in [0.15, 0.2) is 97.2 Å². The Morgan fingerprint density at radius 3 is 2.23 bits per heavy atom. The van der Waals surface area contributed by atoms with E-state index in [-0.39, 0.29) is 48.7 Å². The van der Waals surface area contributed by atoms with Crippen LogP contribution in [0.25, 0.3) is 11.3 Å². The molecule has 5 amide bonds. The van der Waals surface area contributed by atoms with Crippen molar-refractivity contribution in [2.75, 3.05) is 26.2 Å². The summed E-state index contributed by atoms with van der Waals surface area (Å²) in [6.07, 6.45) is 2.65. The normalized spacial score (nSPS) is 16.9. The molecular formula is C47H60N8O5. The van der Waals surface area contributed by atoms with Crippen LogP contribution < -0.4 is 10.7 Å². The van der Waals surface area contributed by atoms with Crippen molar-refractivity contribution in [3.8, 4) is 11.3 Å². The van der Waals surface area contributed by atoms with Crippen LogP contribution in [0.2, 0.25) is 0 Å². The minimum atomic E-state index is -1.16. The zero-order valence-corrected chi connectivity index (χ0v) is 35.5. The topological polar surface area (TPSA) is 151 Å². The van der Waals surface area contributed by atoms with Gasteiger partial charge in [-0.25, -0.2) is 9.80 Å². The SMILES string of the molecule is CCC(C)C(C(=O)N[C@@H](Cc1ccccc1)[C@@H](O)CN(Cc1ccc(-c2ccccn2)cc1)NC(=O)C(C(C)C)N1CCCC1=O)N1CCN(Cc2cccc(C)n2)C1=O. The minimum Gasteiger partial charge on any atom is -0.390 e. The number of nitrogens with zero attached hydrogens (tertiary/aromatic N) is 6. The molecule has 13 nitrogen and oxygen atoms in total. The summed E-state index contributed by atoms with van der Waals surface area (Å²) in [5.74, 6) is -1.06. The Morgan fingerprint density at radius 2 is 1.58 bits per heavy atom. The molecule has 13 heteroatoms. The van der Waals surface area contributed by atoms with E-state index in [0.717, 1.165) is 33.8 Å². The van der Waals surface area contributed by atoms with Crippen molar-refractivity contribution in [3.63, 3.8) is 0 Å². The molecule has 60 heavy (non-hydrogen) atoms. The average molecular weight is 817 g/mol. The quantitative estimate of drug-likeness (QED) is 0.107. The van der Waals surface area contributed by atoms with E-state index >= 15 is 0 Å². The van der Waals surface area contributed by atoms with Gasteiger partial charge in [-0.2, -0.15) is 0 Å². The maximum Gasteiger partial charge on any atom is 0.321 e. The van der Waals surface area contributed by atoms with Gasteiger partial charge in [0.1, 0.15) is 12.1 Å². The zero-order chi connectivity index (χ0) is 42.8. The van der Waals surface area contributed by atoms with Gasteiger partial charge in [-0.15, -0.1) is 0 Å². The molecule has 2 aromatic heterocycles. The van der Waals surface area contributed by atoms with E-state index in [2.05, 4.69) is 20.7 Å². The van der Waals surface area contributed by atoms with Crippen molar-refractivity contribution in [3.05, 3.63) is 120 Å². The summed E-state index contributed by atoms with van der Waals surface area (Å²) in [5, 5.41) is 17.1. The number of aryl methyl sites for hydroxylation is 1. The molecule has 4 aromatic rings. The van der Waals surface area contributed by atoms with Gasteiger partial charge in [0.25, 0.3) is 5.91 Å². The molecule has 2 aliphatic heterocycles. The Hall–Kier alpha value is -5.66. The molecule has 2 fully saturated rings. The molecule has 0 saturated carbocycles. The molecule has 4 heterocycles. The summed E-state index contributed by atoms with van der Waals surface area (Å²) >= 11 is 0. The predicted octanol–water partition coefficient (Wildman–Crippen LogP) is 5.37. The largest absolute Gasteiger partial charge is 0.390 e. The van der Waals surface area contributed by atoms with Gasteiger partial charge in [0.05, 0.1) is 30.1 Å². The molecule has 5 atom stereocenters. The first-order chi connectivity index (χ1) is 28.9. The van der Waals surface area contributed by atoms with E-state index in [9.17, 15) is 24.3 Å². The van der Waals surface area contributed by atoms with Crippen molar-refractivity contribution >= 4 is 23.8 Å². The van der Waals surface area contributed by atoms with Gasteiger partial charge >= 0.3 is 6.03 Å². The molecule has 2 saturated heterocycles. The highest BCUT2D eigenvalue weighted by Gasteiger charge is 2.41. The van der Waals surface area contributed by atoms with Gasteiger partial charge < -0.3 is 25.1 Å². The number of hydrogen-bond donors (Lipinski definition) is 3. The number of pyridine rings is 2. The fourth-order valence-electron chi connectivity index (χ4n) is 8.27. The third kappa shape index (κ3) is 11.1. The Labute approximate surface area is 354 Å². The molecule has 6 rings (SSSR count). The van der Waals surface area contributed by atoms with Crippen molar-refractivity contribution in [2.45, 2.75) is 97.6 Å². The Bertz CT molecular complexity index is 2050. The Morgan fingerprint density at radius 1 is 0.833 bits per heavy atom. The maximum absolute atomic E-state index is 14.6. The highest BCUT2D eigenvalue weighted by molar-refractivity contribution is 5.89. The predicted molar refractivity (Wildman–Crippen MR) is 231 cm³/mol. The average Bonchev–Trinajstić information content (AvgIpc) is 3.82. The molecule has 318 valence electrons. The molecule has 2 aliphatic rings. The van der Waals surface area contributed by atoms with Gasteiger partial charge in [0.2, 0.25) is 11.8 Å². The van der Waals surface area contributed by atoms with E-state index in [0.29, 0.717) is 51.9 Å². The number of carbonyl (C=O) groups excluding carboxylic acids is 4. The van der Waals surface area contributed by atoms with Crippen LogP contribution >= 0.6 is 0 Å². The molecule has 3 N–H and O–H groups in total. The number of aliphatic hydroxyl groups excluding tert-OH is 1. The fourth-order valence-corrected chi connectivity index (χ4v) is 8.27. The van der Waals surface area contributed by atoms with Gasteiger partial charge in [-0.1, -0.05) is 101 Å². The third-order valence-corrected chi connectivity index (χ3v) is 11.6. The lowest BCUT2D eigenvalue weighted by atomic mass is 9.95. The number of hydrogen-bond acceptors (Lipinski definition) is 8. The molecular weight excluding hydrogens is 757 g/mol. The van der Waals surface area contributed by atoms with Crippen LogP contribution in [0.1, 0.15) is 69.5 Å². The second-order valence-electron chi connectivity index (χ2n) is 16.5. The van der Waals surface area contributed by atoms with Crippen molar-refractivity contribution in [1.29, 1.82) is 0 Å². The van der Waals surface area contributed by atoms with Crippen LogP contribution in [-0.2, 0) is 33.9 Å². The van der Waals surface area contributed by atoms with E-state index in [1.807, 2.05) is 126 Å². The van der Waals surface area contributed by atoms with Crippen LogP contribution in [0.4, 0.5) is 4.79 Å². The lowest BCUT2D eigenvalue weighted by Crippen LogP contribution is -2.59. The lowest BCUT2D eigenvalue weighted by Gasteiger charge is -2.36. The molecule has 3 unspecified atom stereocenters. The Kier molecular flexibility index (Phi) is 15.0. The van der Waals surface area contributed by atoms with E-state index in [1.54, 1.807) is 25.9 Å². The number of hydrazine groups is 1. The second kappa shape index (κ2) is 20.5. The molecule has 0 spiro atoms. The summed E-state index contributed by atoms with van der Waals surface area (Å²) in [7, 11) is 0. The smallest absolute Gasteiger partial charge is 0.321 e. The van der Waals surface area contributed by atoms with E-state index < -0.39 is 24.2 Å². The minimum absolute atomic E-state index is 0.0435. The molecule has 2 aromatic carbocycles.